The monoisotopic (exact) mass is 306 g/mol. The average molecular weight is 306 g/mol. The van der Waals surface area contributed by atoms with Gasteiger partial charge in [-0.25, -0.2) is 4.79 Å². The van der Waals surface area contributed by atoms with E-state index in [9.17, 15) is 4.79 Å². The van der Waals surface area contributed by atoms with Crippen molar-refractivity contribution in [1.82, 2.24) is 10.3 Å². The van der Waals surface area contributed by atoms with Gasteiger partial charge in [-0.1, -0.05) is 5.92 Å². The molecular weight excluding hydrogens is 284 g/mol. The molecule has 6 nitrogen and oxygen atoms in total. The minimum absolute atomic E-state index is 0.183. The van der Waals surface area contributed by atoms with Gasteiger partial charge in [-0.2, -0.15) is 0 Å². The van der Waals surface area contributed by atoms with Crippen molar-refractivity contribution >= 4 is 6.09 Å². The lowest BCUT2D eigenvalue weighted by molar-refractivity contribution is 0.0522. The molecule has 1 N–H and O–H groups in total. The zero-order chi connectivity index (χ0) is 16.6. The van der Waals surface area contributed by atoms with E-state index in [1.54, 1.807) is 40.1 Å². The molecule has 0 fully saturated rings. The summed E-state index contributed by atoms with van der Waals surface area (Å²) >= 11 is 0. The molecule has 0 aromatic carbocycles. The van der Waals surface area contributed by atoms with Gasteiger partial charge in [0, 0.05) is 18.9 Å². The molecule has 1 rings (SSSR count). The first-order valence-electron chi connectivity index (χ1n) is 6.90. The summed E-state index contributed by atoms with van der Waals surface area (Å²) in [5.41, 5.74) is 0.622. The fourth-order valence-electron chi connectivity index (χ4n) is 1.51. The van der Waals surface area contributed by atoms with E-state index in [0.29, 0.717) is 30.2 Å². The number of carbonyl (C=O) groups excluding carboxylic acids is 1. The lowest BCUT2D eigenvalue weighted by atomic mass is 10.2. The van der Waals surface area contributed by atoms with Crippen molar-refractivity contribution in [2.24, 2.45) is 0 Å². The van der Waals surface area contributed by atoms with Crippen molar-refractivity contribution < 1.29 is 19.0 Å². The first kappa shape index (κ1) is 17.8. The molecule has 0 saturated heterocycles. The summed E-state index contributed by atoms with van der Waals surface area (Å²) in [5.74, 6) is 3.01. The number of nitrogens with zero attached hydrogens (tertiary/aromatic N) is 1. The predicted octanol–water partition coefficient (Wildman–Crippen LogP) is 2.11. The number of aromatic nitrogens is 1. The Hall–Kier alpha value is -2.26. The van der Waals surface area contributed by atoms with E-state index in [0.717, 1.165) is 0 Å². The van der Waals surface area contributed by atoms with Crippen LogP contribution in [0.5, 0.6) is 5.75 Å². The van der Waals surface area contributed by atoms with E-state index in [-0.39, 0.29) is 6.54 Å². The predicted molar refractivity (Wildman–Crippen MR) is 82.6 cm³/mol. The fourth-order valence-corrected chi connectivity index (χ4v) is 1.51. The summed E-state index contributed by atoms with van der Waals surface area (Å²) in [5, 5.41) is 2.64. The number of hydrogen-bond acceptors (Lipinski definition) is 5. The highest BCUT2D eigenvalue weighted by molar-refractivity contribution is 5.67. The molecule has 0 radical (unpaired) electrons. The van der Waals surface area contributed by atoms with Crippen molar-refractivity contribution in [2.75, 3.05) is 20.3 Å². The van der Waals surface area contributed by atoms with Crippen LogP contribution in [0.1, 0.15) is 32.0 Å². The van der Waals surface area contributed by atoms with E-state index < -0.39 is 11.7 Å². The lowest BCUT2D eigenvalue weighted by Crippen LogP contribution is -2.32. The van der Waals surface area contributed by atoms with Gasteiger partial charge in [0.1, 0.15) is 23.7 Å². The molecule has 120 valence electrons. The number of nitrogens with one attached hydrogen (secondary N) is 1. The molecule has 0 saturated carbocycles. The smallest absolute Gasteiger partial charge is 0.407 e. The van der Waals surface area contributed by atoms with Crippen molar-refractivity contribution in [3.63, 3.8) is 0 Å². The van der Waals surface area contributed by atoms with Crippen molar-refractivity contribution in [2.45, 2.75) is 32.9 Å². The summed E-state index contributed by atoms with van der Waals surface area (Å²) in [6.45, 7) is 6.39. The molecule has 1 aromatic heterocycles. The van der Waals surface area contributed by atoms with Crippen LogP contribution in [0.2, 0.25) is 0 Å². The molecule has 1 aromatic rings. The number of alkyl carbamates (subject to hydrolysis) is 1. The quantitative estimate of drug-likeness (QED) is 0.644. The molecule has 0 bridgehead atoms. The Morgan fingerprint density at radius 1 is 1.41 bits per heavy atom. The van der Waals surface area contributed by atoms with Crippen LogP contribution in [0, 0.1) is 12.3 Å². The molecule has 0 unspecified atom stereocenters. The average Bonchev–Trinajstić information content (AvgIpc) is 2.44. The number of amides is 1. The Kier molecular flexibility index (Phi) is 6.67. The number of pyridine rings is 1. The third kappa shape index (κ3) is 6.46. The van der Waals surface area contributed by atoms with Crippen LogP contribution in [-0.2, 0) is 16.0 Å². The Labute approximate surface area is 131 Å². The van der Waals surface area contributed by atoms with Crippen molar-refractivity contribution in [3.8, 4) is 18.1 Å². The van der Waals surface area contributed by atoms with Crippen LogP contribution < -0.4 is 10.1 Å². The maximum Gasteiger partial charge on any atom is 0.407 e. The van der Waals surface area contributed by atoms with E-state index in [2.05, 4.69) is 16.2 Å². The Bertz CT molecular complexity index is 544. The Morgan fingerprint density at radius 3 is 2.73 bits per heavy atom. The number of hydrogen-bond donors (Lipinski definition) is 1. The van der Waals surface area contributed by atoms with Gasteiger partial charge in [-0.3, -0.25) is 4.98 Å². The van der Waals surface area contributed by atoms with E-state index in [4.69, 9.17) is 20.6 Å². The molecule has 6 heteroatoms. The zero-order valence-electron chi connectivity index (χ0n) is 13.4. The maximum atomic E-state index is 11.7. The van der Waals surface area contributed by atoms with Gasteiger partial charge < -0.3 is 19.5 Å². The van der Waals surface area contributed by atoms with Crippen LogP contribution in [-0.4, -0.2) is 37.0 Å². The number of terminal acetylenes is 1. The second-order valence-corrected chi connectivity index (χ2v) is 5.51. The molecule has 0 atom stereocenters. The number of ether oxygens (including phenoxy) is 3. The summed E-state index contributed by atoms with van der Waals surface area (Å²) in [6, 6.07) is 1.70. The second kappa shape index (κ2) is 8.25. The highest BCUT2D eigenvalue weighted by Gasteiger charge is 2.16. The highest BCUT2D eigenvalue weighted by atomic mass is 16.6. The van der Waals surface area contributed by atoms with Gasteiger partial charge in [0.2, 0.25) is 0 Å². The minimum Gasteiger partial charge on any atom is -0.489 e. The van der Waals surface area contributed by atoms with Gasteiger partial charge in [0.25, 0.3) is 0 Å². The molecule has 0 aliphatic rings. The third-order valence-corrected chi connectivity index (χ3v) is 2.44. The SMILES string of the molecule is C#Cc1cnc(CNC(=O)OC(C)(C)C)c(OCCOC)c1. The standard InChI is InChI=1S/C16H22N2O4/c1-6-12-9-14(21-8-7-20-5)13(17-10-12)11-18-15(19)22-16(2,3)4/h1,9-10H,7-8,11H2,2-5H3,(H,18,19). The highest BCUT2D eigenvalue weighted by Crippen LogP contribution is 2.18. The molecule has 1 heterocycles. The van der Waals surface area contributed by atoms with Gasteiger partial charge in [0.05, 0.1) is 13.2 Å². The van der Waals surface area contributed by atoms with E-state index in [1.807, 2.05) is 0 Å². The van der Waals surface area contributed by atoms with Crippen molar-refractivity contribution in [1.29, 1.82) is 0 Å². The normalized spacial score (nSPS) is 10.7. The summed E-state index contributed by atoms with van der Waals surface area (Å²) in [4.78, 5) is 15.9. The number of carbonyl (C=O) groups is 1. The minimum atomic E-state index is -0.553. The van der Waals surface area contributed by atoms with E-state index >= 15 is 0 Å². The number of rotatable bonds is 6. The summed E-state index contributed by atoms with van der Waals surface area (Å²) < 4.78 is 15.7. The van der Waals surface area contributed by atoms with Crippen molar-refractivity contribution in [3.05, 3.63) is 23.5 Å². The summed E-state index contributed by atoms with van der Waals surface area (Å²) in [6.07, 6.45) is 6.39. The topological polar surface area (TPSA) is 69.7 Å². The molecule has 0 aliphatic heterocycles. The Balaban J connectivity index is 2.72. The van der Waals surface area contributed by atoms with Crippen LogP contribution in [0.3, 0.4) is 0 Å². The molecule has 0 spiro atoms. The van der Waals surface area contributed by atoms with Crippen LogP contribution in [0.4, 0.5) is 4.79 Å². The van der Waals surface area contributed by atoms with Gasteiger partial charge in [0.15, 0.2) is 0 Å². The molecular formula is C16H22N2O4. The fraction of sp³-hybridized carbons (Fsp3) is 0.500. The van der Waals surface area contributed by atoms with Crippen LogP contribution in [0.15, 0.2) is 12.3 Å². The van der Waals surface area contributed by atoms with Crippen LogP contribution >= 0.6 is 0 Å². The lowest BCUT2D eigenvalue weighted by Gasteiger charge is -2.20. The zero-order valence-corrected chi connectivity index (χ0v) is 13.4. The summed E-state index contributed by atoms with van der Waals surface area (Å²) in [7, 11) is 1.59. The second-order valence-electron chi connectivity index (χ2n) is 5.51. The largest absolute Gasteiger partial charge is 0.489 e. The maximum absolute atomic E-state index is 11.7. The molecule has 22 heavy (non-hydrogen) atoms. The first-order chi connectivity index (χ1) is 10.4. The number of methoxy groups -OCH3 is 1. The van der Waals surface area contributed by atoms with Gasteiger partial charge >= 0.3 is 6.09 Å². The van der Waals surface area contributed by atoms with Gasteiger partial charge in [-0.15, -0.1) is 6.42 Å². The molecule has 0 aliphatic carbocycles. The Morgan fingerprint density at radius 2 is 2.14 bits per heavy atom. The molecule has 1 amide bonds. The van der Waals surface area contributed by atoms with Gasteiger partial charge in [-0.05, 0) is 26.8 Å². The third-order valence-electron chi connectivity index (χ3n) is 2.44. The first-order valence-corrected chi connectivity index (χ1v) is 6.90. The van der Waals surface area contributed by atoms with Crippen LogP contribution in [0.25, 0.3) is 0 Å². The van der Waals surface area contributed by atoms with E-state index in [1.165, 1.54) is 0 Å².